The number of benzene rings is 3. The molecule has 178 valence electrons. The predicted molar refractivity (Wildman–Crippen MR) is 115 cm³/mol. The highest BCUT2D eigenvalue weighted by Gasteiger charge is 2.30. The Kier molecular flexibility index (Phi) is 6.91. The monoisotopic (exact) mass is 495 g/mol. The molecule has 3 rings (SSSR count). The van der Waals surface area contributed by atoms with Gasteiger partial charge in [-0.25, -0.2) is 12.8 Å². The van der Waals surface area contributed by atoms with E-state index < -0.39 is 44.3 Å². The summed E-state index contributed by atoms with van der Waals surface area (Å²) in [7, 11) is -4.34. The molecule has 0 unspecified atom stereocenters. The van der Waals surface area contributed by atoms with E-state index in [1.165, 1.54) is 31.2 Å². The zero-order chi connectivity index (χ0) is 25.1. The number of anilines is 1. The summed E-state index contributed by atoms with van der Waals surface area (Å²) >= 11 is 0. The SMILES string of the molecule is Cc1ccc(C(=O)NNC(=O)c2cccc(S(=O)(=O)Nc3cccc(C(F)(F)F)c3)c2)cc1F. The van der Waals surface area contributed by atoms with Gasteiger partial charge in [0.1, 0.15) is 5.82 Å². The normalized spacial score (nSPS) is 11.6. The van der Waals surface area contributed by atoms with Crippen molar-refractivity contribution in [2.75, 3.05) is 4.72 Å². The molecule has 0 radical (unpaired) electrons. The van der Waals surface area contributed by atoms with Crippen LogP contribution in [0.25, 0.3) is 0 Å². The van der Waals surface area contributed by atoms with Gasteiger partial charge < -0.3 is 0 Å². The highest BCUT2D eigenvalue weighted by Crippen LogP contribution is 2.31. The number of aryl methyl sites for hydroxylation is 1. The number of nitrogens with one attached hydrogen (secondary N) is 3. The first-order valence-corrected chi connectivity index (χ1v) is 11.0. The second-order valence-corrected chi connectivity index (χ2v) is 8.77. The molecule has 0 saturated carbocycles. The van der Waals surface area contributed by atoms with Crippen molar-refractivity contribution in [2.24, 2.45) is 0 Å². The van der Waals surface area contributed by atoms with Crippen LogP contribution in [0.5, 0.6) is 0 Å². The number of halogens is 4. The van der Waals surface area contributed by atoms with Crippen LogP contribution < -0.4 is 15.6 Å². The molecule has 2 amide bonds. The lowest BCUT2D eigenvalue weighted by Crippen LogP contribution is -2.41. The molecule has 0 aliphatic rings. The van der Waals surface area contributed by atoms with Crippen molar-refractivity contribution in [1.29, 1.82) is 0 Å². The van der Waals surface area contributed by atoms with Gasteiger partial charge in [0.2, 0.25) is 0 Å². The van der Waals surface area contributed by atoms with Gasteiger partial charge in [-0.15, -0.1) is 0 Å². The second-order valence-electron chi connectivity index (χ2n) is 7.08. The number of sulfonamides is 1. The molecule has 0 atom stereocenters. The second kappa shape index (κ2) is 9.51. The molecule has 0 aliphatic carbocycles. The molecule has 0 aromatic heterocycles. The largest absolute Gasteiger partial charge is 0.416 e. The van der Waals surface area contributed by atoms with E-state index >= 15 is 0 Å². The van der Waals surface area contributed by atoms with Gasteiger partial charge in [0, 0.05) is 16.8 Å². The molecule has 0 fully saturated rings. The number of hydrazine groups is 1. The molecule has 12 heteroatoms. The molecule has 3 aromatic carbocycles. The Hall–Kier alpha value is -3.93. The number of carbonyl (C=O) groups is 2. The summed E-state index contributed by atoms with van der Waals surface area (Å²) in [5, 5.41) is 0. The summed E-state index contributed by atoms with van der Waals surface area (Å²) in [6.45, 7) is 1.52. The third kappa shape index (κ3) is 5.90. The van der Waals surface area contributed by atoms with Gasteiger partial charge in [-0.1, -0.05) is 18.2 Å². The molecule has 0 aliphatic heterocycles. The highest BCUT2D eigenvalue weighted by molar-refractivity contribution is 7.92. The van der Waals surface area contributed by atoms with E-state index in [1.807, 2.05) is 4.72 Å². The van der Waals surface area contributed by atoms with Crippen LogP contribution in [0.3, 0.4) is 0 Å². The number of alkyl halides is 3. The third-order valence-corrected chi connectivity index (χ3v) is 5.95. The minimum atomic E-state index is -4.66. The molecule has 0 saturated heterocycles. The average Bonchev–Trinajstić information content (AvgIpc) is 2.78. The summed E-state index contributed by atoms with van der Waals surface area (Å²) in [5.41, 5.74) is 2.93. The maximum Gasteiger partial charge on any atom is 0.416 e. The summed E-state index contributed by atoms with van der Waals surface area (Å²) in [6, 6.07) is 12.0. The topological polar surface area (TPSA) is 104 Å². The van der Waals surface area contributed by atoms with Crippen LogP contribution in [0.2, 0.25) is 0 Å². The summed E-state index contributed by atoms with van der Waals surface area (Å²) in [4.78, 5) is 24.0. The maximum absolute atomic E-state index is 13.6. The minimum absolute atomic E-state index is 0.0509. The molecule has 3 aromatic rings. The van der Waals surface area contributed by atoms with Crippen molar-refractivity contribution in [3.05, 3.63) is 94.8 Å². The quantitative estimate of drug-likeness (QED) is 0.367. The van der Waals surface area contributed by atoms with Crippen LogP contribution in [-0.2, 0) is 16.2 Å². The Labute approximate surface area is 191 Å². The first-order valence-electron chi connectivity index (χ1n) is 9.54. The lowest BCUT2D eigenvalue weighted by molar-refractivity contribution is -0.137. The van der Waals surface area contributed by atoms with Crippen LogP contribution in [0, 0.1) is 12.7 Å². The molecule has 0 spiro atoms. The zero-order valence-electron chi connectivity index (χ0n) is 17.4. The summed E-state index contributed by atoms with van der Waals surface area (Å²) in [5.74, 6) is -2.29. The number of hydrogen-bond donors (Lipinski definition) is 3. The molecular formula is C22H17F4N3O4S. The standard InChI is InChI=1S/C22H17F4N3O4S/c1-13-8-9-15(11-19(13)23)21(31)28-27-20(30)14-4-2-7-18(10-14)34(32,33)29-17-6-3-5-16(12-17)22(24,25)26/h2-12,29H,1H3,(H,27,30)(H,28,31). The zero-order valence-corrected chi connectivity index (χ0v) is 18.2. The Balaban J connectivity index is 1.72. The molecule has 0 bridgehead atoms. The van der Waals surface area contributed by atoms with Crippen molar-refractivity contribution < 1.29 is 35.6 Å². The number of amides is 2. The van der Waals surface area contributed by atoms with Crippen LogP contribution >= 0.6 is 0 Å². The van der Waals surface area contributed by atoms with E-state index in [-0.39, 0.29) is 16.8 Å². The van der Waals surface area contributed by atoms with Crippen LogP contribution in [-0.4, -0.2) is 20.2 Å². The molecule has 34 heavy (non-hydrogen) atoms. The molecule has 3 N–H and O–H groups in total. The van der Waals surface area contributed by atoms with E-state index in [1.54, 1.807) is 0 Å². The summed E-state index contributed by atoms with van der Waals surface area (Å²) in [6.07, 6.45) is -4.66. The third-order valence-electron chi connectivity index (χ3n) is 4.57. The first-order chi connectivity index (χ1) is 15.9. The van der Waals surface area contributed by atoms with E-state index in [0.717, 1.165) is 36.4 Å². The van der Waals surface area contributed by atoms with Crippen LogP contribution in [0.4, 0.5) is 23.2 Å². The number of rotatable bonds is 5. The van der Waals surface area contributed by atoms with Gasteiger partial charge in [-0.05, 0) is 61.0 Å². The van der Waals surface area contributed by atoms with Gasteiger partial charge >= 0.3 is 6.18 Å². The van der Waals surface area contributed by atoms with Crippen molar-refractivity contribution in [3.8, 4) is 0 Å². The number of hydrogen-bond acceptors (Lipinski definition) is 4. The Morgan fingerprint density at radius 1 is 0.824 bits per heavy atom. The van der Waals surface area contributed by atoms with Gasteiger partial charge in [0.25, 0.3) is 21.8 Å². The Morgan fingerprint density at radius 3 is 2.06 bits per heavy atom. The molecular weight excluding hydrogens is 478 g/mol. The van der Waals surface area contributed by atoms with Crippen molar-refractivity contribution >= 4 is 27.5 Å². The average molecular weight is 495 g/mol. The van der Waals surface area contributed by atoms with Gasteiger partial charge in [-0.2, -0.15) is 13.2 Å². The predicted octanol–water partition coefficient (Wildman–Crippen LogP) is 4.03. The fourth-order valence-electron chi connectivity index (χ4n) is 2.77. The van der Waals surface area contributed by atoms with Crippen molar-refractivity contribution in [1.82, 2.24) is 10.9 Å². The summed E-state index contributed by atoms with van der Waals surface area (Å²) < 4.78 is 79.5. The van der Waals surface area contributed by atoms with Gasteiger partial charge in [0.05, 0.1) is 10.5 Å². The van der Waals surface area contributed by atoms with Crippen LogP contribution in [0.1, 0.15) is 31.8 Å². The van der Waals surface area contributed by atoms with Gasteiger partial charge in [0.15, 0.2) is 0 Å². The fourth-order valence-corrected chi connectivity index (χ4v) is 3.86. The Bertz CT molecular complexity index is 1360. The smallest absolute Gasteiger partial charge is 0.280 e. The first kappa shape index (κ1) is 24.7. The molecule has 7 nitrogen and oxygen atoms in total. The lowest BCUT2D eigenvalue weighted by atomic mass is 10.1. The van der Waals surface area contributed by atoms with E-state index in [9.17, 15) is 35.6 Å². The van der Waals surface area contributed by atoms with E-state index in [0.29, 0.717) is 11.6 Å². The van der Waals surface area contributed by atoms with Crippen LogP contribution in [0.15, 0.2) is 71.6 Å². The highest BCUT2D eigenvalue weighted by atomic mass is 32.2. The number of carbonyl (C=O) groups excluding carboxylic acids is 2. The fraction of sp³-hybridized carbons (Fsp3) is 0.0909. The minimum Gasteiger partial charge on any atom is -0.280 e. The molecule has 0 heterocycles. The maximum atomic E-state index is 13.6. The van der Waals surface area contributed by atoms with Crippen molar-refractivity contribution in [3.63, 3.8) is 0 Å². The Morgan fingerprint density at radius 2 is 1.44 bits per heavy atom. The van der Waals surface area contributed by atoms with E-state index in [4.69, 9.17) is 0 Å². The van der Waals surface area contributed by atoms with E-state index in [2.05, 4.69) is 10.9 Å². The van der Waals surface area contributed by atoms with Gasteiger partial charge in [-0.3, -0.25) is 25.2 Å². The van der Waals surface area contributed by atoms with Crippen molar-refractivity contribution in [2.45, 2.75) is 18.0 Å². The lowest BCUT2D eigenvalue weighted by Gasteiger charge is -2.12.